The molecule has 0 unspecified atom stereocenters. The van der Waals surface area contributed by atoms with E-state index in [1.807, 2.05) is 6.92 Å². The normalized spacial score (nSPS) is 10.6. The molecule has 4 heteroatoms. The fourth-order valence-corrected chi connectivity index (χ4v) is 1.82. The first kappa shape index (κ1) is 14.5. The SMILES string of the molecule is CCNCc1cccc(F)c1Oc1ccc(C)c(F)c1. The van der Waals surface area contributed by atoms with Gasteiger partial charge in [-0.05, 0) is 31.2 Å². The standard InChI is InChI=1S/C16H17F2NO/c1-3-19-10-12-5-4-6-14(17)16(12)20-13-8-7-11(2)15(18)9-13/h4-9,19H,3,10H2,1-2H3. The zero-order chi connectivity index (χ0) is 14.5. The molecule has 1 N–H and O–H groups in total. The number of hydrogen-bond acceptors (Lipinski definition) is 2. The van der Waals surface area contributed by atoms with Crippen LogP contribution in [0, 0.1) is 18.6 Å². The quantitative estimate of drug-likeness (QED) is 0.885. The average molecular weight is 277 g/mol. The largest absolute Gasteiger partial charge is 0.454 e. The van der Waals surface area contributed by atoms with Gasteiger partial charge in [0.15, 0.2) is 11.6 Å². The summed E-state index contributed by atoms with van der Waals surface area (Å²) < 4.78 is 32.9. The second-order valence-electron chi connectivity index (χ2n) is 4.52. The molecule has 2 rings (SSSR count). The average Bonchev–Trinajstić information content (AvgIpc) is 2.43. The molecule has 2 aromatic carbocycles. The van der Waals surface area contributed by atoms with Crippen LogP contribution in [0.15, 0.2) is 36.4 Å². The highest BCUT2D eigenvalue weighted by molar-refractivity contribution is 5.40. The van der Waals surface area contributed by atoms with Gasteiger partial charge >= 0.3 is 0 Å². The summed E-state index contributed by atoms with van der Waals surface area (Å²) in [6, 6.07) is 9.24. The first-order valence-electron chi connectivity index (χ1n) is 6.54. The van der Waals surface area contributed by atoms with Gasteiger partial charge in [-0.15, -0.1) is 0 Å². The van der Waals surface area contributed by atoms with Gasteiger partial charge < -0.3 is 10.1 Å². The Morgan fingerprint density at radius 1 is 1.10 bits per heavy atom. The number of aryl methyl sites for hydroxylation is 1. The lowest BCUT2D eigenvalue weighted by atomic mass is 10.2. The van der Waals surface area contributed by atoms with E-state index in [2.05, 4.69) is 5.32 Å². The number of ether oxygens (including phenoxy) is 1. The fourth-order valence-electron chi connectivity index (χ4n) is 1.82. The molecule has 20 heavy (non-hydrogen) atoms. The summed E-state index contributed by atoms with van der Waals surface area (Å²) in [5.74, 6) is -0.402. The number of para-hydroxylation sites is 1. The lowest BCUT2D eigenvalue weighted by Crippen LogP contribution is -2.12. The van der Waals surface area contributed by atoms with E-state index >= 15 is 0 Å². The number of benzene rings is 2. The van der Waals surface area contributed by atoms with Crippen LogP contribution in [0.25, 0.3) is 0 Å². The Bertz CT molecular complexity index is 599. The summed E-state index contributed by atoms with van der Waals surface area (Å²) in [5, 5.41) is 3.12. The molecule has 0 aromatic heterocycles. The third-order valence-corrected chi connectivity index (χ3v) is 2.98. The van der Waals surface area contributed by atoms with Crippen molar-refractivity contribution in [1.29, 1.82) is 0 Å². The van der Waals surface area contributed by atoms with E-state index < -0.39 is 5.82 Å². The summed E-state index contributed by atoms with van der Waals surface area (Å²) >= 11 is 0. The Kier molecular flexibility index (Phi) is 4.69. The molecule has 0 spiro atoms. The van der Waals surface area contributed by atoms with Crippen molar-refractivity contribution >= 4 is 0 Å². The molecular weight excluding hydrogens is 260 g/mol. The molecule has 0 saturated heterocycles. The first-order chi connectivity index (χ1) is 9.61. The number of halogens is 2. The predicted molar refractivity (Wildman–Crippen MR) is 75.0 cm³/mol. The smallest absolute Gasteiger partial charge is 0.167 e. The van der Waals surface area contributed by atoms with Crippen LogP contribution in [0.1, 0.15) is 18.1 Å². The Morgan fingerprint density at radius 2 is 1.90 bits per heavy atom. The molecule has 0 bridgehead atoms. The molecule has 0 radical (unpaired) electrons. The molecular formula is C16H17F2NO. The third kappa shape index (κ3) is 3.33. The van der Waals surface area contributed by atoms with Crippen LogP contribution in [0.5, 0.6) is 11.5 Å². The predicted octanol–water partition coefficient (Wildman–Crippen LogP) is 4.18. The fraction of sp³-hybridized carbons (Fsp3) is 0.250. The molecule has 0 amide bonds. The molecule has 0 saturated carbocycles. The third-order valence-electron chi connectivity index (χ3n) is 2.98. The van der Waals surface area contributed by atoms with Gasteiger partial charge in [-0.1, -0.05) is 25.1 Å². The Hall–Kier alpha value is -1.94. The molecule has 0 aliphatic carbocycles. The van der Waals surface area contributed by atoms with Crippen LogP contribution in [-0.2, 0) is 6.54 Å². The van der Waals surface area contributed by atoms with E-state index in [1.54, 1.807) is 31.2 Å². The Labute approximate surface area is 117 Å². The van der Waals surface area contributed by atoms with Crippen LogP contribution in [0.4, 0.5) is 8.78 Å². The molecule has 0 heterocycles. The highest BCUT2D eigenvalue weighted by Crippen LogP contribution is 2.29. The van der Waals surface area contributed by atoms with Gasteiger partial charge in [0.1, 0.15) is 11.6 Å². The summed E-state index contributed by atoms with van der Waals surface area (Å²) in [4.78, 5) is 0. The van der Waals surface area contributed by atoms with Gasteiger partial charge in [-0.3, -0.25) is 0 Å². The van der Waals surface area contributed by atoms with Crippen molar-refractivity contribution < 1.29 is 13.5 Å². The van der Waals surface area contributed by atoms with Crippen molar-refractivity contribution in [2.75, 3.05) is 6.54 Å². The second-order valence-corrected chi connectivity index (χ2v) is 4.52. The van der Waals surface area contributed by atoms with E-state index in [0.717, 1.165) is 6.54 Å². The minimum atomic E-state index is -0.457. The summed E-state index contributed by atoms with van der Waals surface area (Å²) in [6.07, 6.45) is 0. The molecule has 0 aliphatic heterocycles. The van der Waals surface area contributed by atoms with Crippen molar-refractivity contribution in [1.82, 2.24) is 5.32 Å². The van der Waals surface area contributed by atoms with Crippen LogP contribution in [0.2, 0.25) is 0 Å². The maximum atomic E-state index is 13.9. The van der Waals surface area contributed by atoms with Gasteiger partial charge in [0, 0.05) is 18.2 Å². The number of hydrogen-bond donors (Lipinski definition) is 1. The minimum Gasteiger partial charge on any atom is -0.454 e. The van der Waals surface area contributed by atoms with Gasteiger partial charge in [0.05, 0.1) is 0 Å². The van der Waals surface area contributed by atoms with E-state index in [0.29, 0.717) is 17.7 Å². The second kappa shape index (κ2) is 6.48. The van der Waals surface area contributed by atoms with E-state index in [1.165, 1.54) is 12.1 Å². The maximum Gasteiger partial charge on any atom is 0.167 e. The molecule has 106 valence electrons. The van der Waals surface area contributed by atoms with Gasteiger partial charge in [0.25, 0.3) is 0 Å². The van der Waals surface area contributed by atoms with Crippen LogP contribution < -0.4 is 10.1 Å². The van der Waals surface area contributed by atoms with Crippen LogP contribution in [-0.4, -0.2) is 6.54 Å². The van der Waals surface area contributed by atoms with Gasteiger partial charge in [-0.2, -0.15) is 0 Å². The van der Waals surface area contributed by atoms with Gasteiger partial charge in [-0.25, -0.2) is 8.78 Å². The lowest BCUT2D eigenvalue weighted by Gasteiger charge is -2.13. The Morgan fingerprint density at radius 3 is 2.60 bits per heavy atom. The summed E-state index contributed by atoms with van der Waals surface area (Å²) in [7, 11) is 0. The highest BCUT2D eigenvalue weighted by atomic mass is 19.1. The van der Waals surface area contributed by atoms with E-state index in [9.17, 15) is 8.78 Å². The number of rotatable bonds is 5. The zero-order valence-electron chi connectivity index (χ0n) is 11.5. The van der Waals surface area contributed by atoms with Crippen molar-refractivity contribution in [2.24, 2.45) is 0 Å². The van der Waals surface area contributed by atoms with Gasteiger partial charge in [0.2, 0.25) is 0 Å². The zero-order valence-corrected chi connectivity index (χ0v) is 11.5. The van der Waals surface area contributed by atoms with Crippen LogP contribution >= 0.6 is 0 Å². The first-order valence-corrected chi connectivity index (χ1v) is 6.54. The van der Waals surface area contributed by atoms with E-state index in [4.69, 9.17) is 4.74 Å². The Balaban J connectivity index is 2.29. The van der Waals surface area contributed by atoms with Crippen molar-refractivity contribution in [2.45, 2.75) is 20.4 Å². The van der Waals surface area contributed by atoms with Crippen LogP contribution in [0.3, 0.4) is 0 Å². The minimum absolute atomic E-state index is 0.136. The molecule has 0 aliphatic rings. The monoisotopic (exact) mass is 277 g/mol. The molecule has 2 aromatic rings. The van der Waals surface area contributed by atoms with Crippen molar-refractivity contribution in [3.8, 4) is 11.5 Å². The van der Waals surface area contributed by atoms with Crippen molar-refractivity contribution in [3.05, 3.63) is 59.2 Å². The summed E-state index contributed by atoms with van der Waals surface area (Å²) in [6.45, 7) is 4.90. The maximum absolute atomic E-state index is 13.9. The summed E-state index contributed by atoms with van der Waals surface area (Å²) in [5.41, 5.74) is 1.23. The molecule has 0 atom stereocenters. The highest BCUT2D eigenvalue weighted by Gasteiger charge is 2.11. The van der Waals surface area contributed by atoms with E-state index in [-0.39, 0.29) is 17.3 Å². The lowest BCUT2D eigenvalue weighted by molar-refractivity contribution is 0.430. The molecule has 2 nitrogen and oxygen atoms in total. The molecule has 0 fully saturated rings. The van der Waals surface area contributed by atoms with Crippen molar-refractivity contribution in [3.63, 3.8) is 0 Å². The number of nitrogens with one attached hydrogen (secondary N) is 1. The topological polar surface area (TPSA) is 21.3 Å².